The summed E-state index contributed by atoms with van der Waals surface area (Å²) >= 11 is 0. The van der Waals surface area contributed by atoms with Crippen molar-refractivity contribution in [3.05, 3.63) is 18.0 Å². The highest BCUT2D eigenvalue weighted by atomic mass is 19.1. The molecule has 1 aromatic heterocycles. The zero-order valence-corrected chi connectivity index (χ0v) is 8.27. The van der Waals surface area contributed by atoms with Gasteiger partial charge in [-0.05, 0) is 12.8 Å². The van der Waals surface area contributed by atoms with Gasteiger partial charge in [0.25, 0.3) is 0 Å². The molecule has 0 spiro atoms. The Morgan fingerprint density at radius 2 is 2.27 bits per heavy atom. The van der Waals surface area contributed by atoms with Crippen molar-refractivity contribution in [3.8, 4) is 0 Å². The number of aromatic carboxylic acids is 1. The van der Waals surface area contributed by atoms with Crippen LogP contribution in [0.3, 0.4) is 0 Å². The number of alkyl halides is 1. The molecule has 0 aromatic carbocycles. The van der Waals surface area contributed by atoms with Crippen molar-refractivity contribution in [2.24, 2.45) is 0 Å². The van der Waals surface area contributed by atoms with Crippen LogP contribution in [-0.4, -0.2) is 27.0 Å². The molecule has 82 valence electrons. The van der Waals surface area contributed by atoms with Gasteiger partial charge in [0.05, 0.1) is 17.8 Å². The maximum absolute atomic E-state index is 13.5. The summed E-state index contributed by atoms with van der Waals surface area (Å²) in [5.74, 6) is -1.02. The monoisotopic (exact) mass is 212 g/mol. The molecule has 2 atom stereocenters. The first kappa shape index (κ1) is 10.1. The van der Waals surface area contributed by atoms with Gasteiger partial charge in [0.1, 0.15) is 6.17 Å². The number of carboxylic acid groups (broad SMARTS) is 1. The van der Waals surface area contributed by atoms with E-state index >= 15 is 0 Å². The summed E-state index contributed by atoms with van der Waals surface area (Å²) in [6, 6.07) is -0.285. The summed E-state index contributed by atoms with van der Waals surface area (Å²) in [6.07, 6.45) is 4.95. The molecular weight excluding hydrogens is 199 g/mol. The average Bonchev–Trinajstić information content (AvgIpc) is 2.67. The Morgan fingerprint density at radius 1 is 1.53 bits per heavy atom. The van der Waals surface area contributed by atoms with Gasteiger partial charge in [-0.15, -0.1) is 0 Å². The summed E-state index contributed by atoms with van der Waals surface area (Å²) in [5.41, 5.74) is 0.118. The zero-order chi connectivity index (χ0) is 10.8. The van der Waals surface area contributed by atoms with Gasteiger partial charge in [0.15, 0.2) is 0 Å². The van der Waals surface area contributed by atoms with Gasteiger partial charge in [-0.25, -0.2) is 9.18 Å². The SMILES string of the molecule is O=C(O)c1cnn(C2CCCCC2F)c1. The highest BCUT2D eigenvalue weighted by Gasteiger charge is 2.27. The largest absolute Gasteiger partial charge is 0.478 e. The van der Waals surface area contributed by atoms with Crippen molar-refractivity contribution in [1.82, 2.24) is 9.78 Å². The van der Waals surface area contributed by atoms with Gasteiger partial charge in [-0.3, -0.25) is 4.68 Å². The van der Waals surface area contributed by atoms with E-state index in [0.717, 1.165) is 19.3 Å². The van der Waals surface area contributed by atoms with Crippen molar-refractivity contribution in [2.45, 2.75) is 37.9 Å². The van der Waals surface area contributed by atoms with Gasteiger partial charge >= 0.3 is 5.97 Å². The smallest absolute Gasteiger partial charge is 0.338 e. The fourth-order valence-electron chi connectivity index (χ4n) is 1.99. The molecule has 2 unspecified atom stereocenters. The third-order valence-electron chi connectivity index (χ3n) is 2.84. The summed E-state index contributed by atoms with van der Waals surface area (Å²) in [4.78, 5) is 10.6. The quantitative estimate of drug-likeness (QED) is 0.816. The van der Waals surface area contributed by atoms with Gasteiger partial charge in [0, 0.05) is 6.20 Å². The van der Waals surface area contributed by atoms with E-state index in [-0.39, 0.29) is 11.6 Å². The van der Waals surface area contributed by atoms with Crippen LogP contribution in [-0.2, 0) is 0 Å². The number of carboxylic acids is 1. The molecule has 0 aliphatic heterocycles. The normalized spacial score (nSPS) is 26.5. The van der Waals surface area contributed by atoms with Crippen molar-refractivity contribution >= 4 is 5.97 Å². The molecule has 0 bridgehead atoms. The van der Waals surface area contributed by atoms with E-state index in [1.54, 1.807) is 0 Å². The Kier molecular flexibility index (Phi) is 2.70. The van der Waals surface area contributed by atoms with Crippen molar-refractivity contribution in [3.63, 3.8) is 0 Å². The van der Waals surface area contributed by atoms with Crippen LogP contribution in [0.15, 0.2) is 12.4 Å². The number of aromatic nitrogens is 2. The van der Waals surface area contributed by atoms with Gasteiger partial charge < -0.3 is 5.11 Å². The Hall–Kier alpha value is -1.39. The number of hydrogen-bond acceptors (Lipinski definition) is 2. The topological polar surface area (TPSA) is 55.1 Å². The van der Waals surface area contributed by atoms with Crippen molar-refractivity contribution in [1.29, 1.82) is 0 Å². The van der Waals surface area contributed by atoms with Crippen LogP contribution < -0.4 is 0 Å². The lowest BCUT2D eigenvalue weighted by Crippen LogP contribution is -2.24. The summed E-state index contributed by atoms with van der Waals surface area (Å²) in [5, 5.41) is 12.6. The number of rotatable bonds is 2. The third-order valence-corrected chi connectivity index (χ3v) is 2.84. The van der Waals surface area contributed by atoms with Crippen LogP contribution >= 0.6 is 0 Å². The Morgan fingerprint density at radius 3 is 2.87 bits per heavy atom. The van der Waals surface area contributed by atoms with Gasteiger partial charge in [-0.2, -0.15) is 5.10 Å². The highest BCUT2D eigenvalue weighted by molar-refractivity contribution is 5.86. The Bertz CT molecular complexity index is 364. The van der Waals surface area contributed by atoms with Crippen LogP contribution in [0.1, 0.15) is 42.1 Å². The van der Waals surface area contributed by atoms with E-state index in [1.165, 1.54) is 17.1 Å². The van der Waals surface area contributed by atoms with Crippen LogP contribution in [0.4, 0.5) is 4.39 Å². The number of hydrogen-bond donors (Lipinski definition) is 1. The van der Waals surface area contributed by atoms with Gasteiger partial charge in [-0.1, -0.05) is 12.8 Å². The van der Waals surface area contributed by atoms with E-state index in [1.807, 2.05) is 0 Å². The zero-order valence-electron chi connectivity index (χ0n) is 8.27. The van der Waals surface area contributed by atoms with Crippen molar-refractivity contribution in [2.75, 3.05) is 0 Å². The predicted octanol–water partition coefficient (Wildman–Crippen LogP) is 2.03. The molecule has 1 aromatic rings. The minimum Gasteiger partial charge on any atom is -0.478 e. The minimum absolute atomic E-state index is 0.118. The van der Waals surface area contributed by atoms with Gasteiger partial charge in [0.2, 0.25) is 0 Å². The van der Waals surface area contributed by atoms with Crippen molar-refractivity contribution < 1.29 is 14.3 Å². The van der Waals surface area contributed by atoms with E-state index in [2.05, 4.69) is 5.10 Å². The molecule has 0 amide bonds. The van der Waals surface area contributed by atoms with Crippen LogP contribution in [0.25, 0.3) is 0 Å². The van der Waals surface area contributed by atoms with Crippen LogP contribution in [0.5, 0.6) is 0 Å². The predicted molar refractivity (Wildman–Crippen MR) is 51.6 cm³/mol. The van der Waals surface area contributed by atoms with Crippen LogP contribution in [0, 0.1) is 0 Å². The first-order chi connectivity index (χ1) is 7.18. The average molecular weight is 212 g/mol. The fourth-order valence-corrected chi connectivity index (χ4v) is 1.99. The maximum Gasteiger partial charge on any atom is 0.338 e. The standard InChI is InChI=1S/C10H13FN2O2/c11-8-3-1-2-4-9(8)13-6-7(5-12-13)10(14)15/h5-6,8-9H,1-4H2,(H,14,15). The molecule has 5 heteroatoms. The molecule has 1 fully saturated rings. The van der Waals surface area contributed by atoms with E-state index in [0.29, 0.717) is 6.42 Å². The first-order valence-electron chi connectivity index (χ1n) is 5.10. The lowest BCUT2D eigenvalue weighted by atomic mass is 9.94. The van der Waals surface area contributed by atoms with E-state index in [9.17, 15) is 9.18 Å². The lowest BCUT2D eigenvalue weighted by molar-refractivity contribution is 0.0696. The second kappa shape index (κ2) is 4.00. The van der Waals surface area contributed by atoms with E-state index in [4.69, 9.17) is 5.11 Å². The second-order valence-corrected chi connectivity index (χ2v) is 3.88. The summed E-state index contributed by atoms with van der Waals surface area (Å²) < 4.78 is 15.0. The Labute approximate surface area is 86.7 Å². The third kappa shape index (κ3) is 2.00. The number of carbonyl (C=O) groups is 1. The molecule has 1 heterocycles. The highest BCUT2D eigenvalue weighted by Crippen LogP contribution is 2.30. The lowest BCUT2D eigenvalue weighted by Gasteiger charge is -2.25. The molecule has 1 aliphatic carbocycles. The molecule has 1 saturated carbocycles. The van der Waals surface area contributed by atoms with Crippen LogP contribution in [0.2, 0.25) is 0 Å². The maximum atomic E-state index is 13.5. The molecule has 0 radical (unpaired) electrons. The molecule has 1 aliphatic rings. The molecule has 15 heavy (non-hydrogen) atoms. The fraction of sp³-hybridized carbons (Fsp3) is 0.600. The van der Waals surface area contributed by atoms with E-state index < -0.39 is 12.1 Å². The minimum atomic E-state index is -1.02. The molecular formula is C10H13FN2O2. The number of nitrogens with zero attached hydrogens (tertiary/aromatic N) is 2. The second-order valence-electron chi connectivity index (χ2n) is 3.88. The summed E-state index contributed by atoms with van der Waals surface area (Å²) in [7, 11) is 0. The molecule has 0 saturated heterocycles. The molecule has 2 rings (SSSR count). The number of halogens is 1. The first-order valence-corrected chi connectivity index (χ1v) is 5.10. The Balaban J connectivity index is 2.17. The molecule has 4 nitrogen and oxygen atoms in total. The summed E-state index contributed by atoms with van der Waals surface area (Å²) in [6.45, 7) is 0. The molecule has 1 N–H and O–H groups in total.